The first kappa shape index (κ1) is 24.0. The monoisotopic (exact) mass is 511 g/mol. The number of benzene rings is 1. The predicted molar refractivity (Wildman–Crippen MR) is 134 cm³/mol. The molecule has 2 N–H and O–H groups in total. The van der Waals surface area contributed by atoms with Crippen molar-refractivity contribution in [1.82, 2.24) is 34.7 Å². The summed E-state index contributed by atoms with van der Waals surface area (Å²) in [5.41, 5.74) is 0.805. The molecule has 2 aliphatic heterocycles. The quantitative estimate of drug-likeness (QED) is 0.498. The van der Waals surface area contributed by atoms with Crippen LogP contribution in [0, 0.1) is 17.6 Å². The average molecular weight is 512 g/mol. The molecule has 2 saturated heterocycles. The van der Waals surface area contributed by atoms with E-state index in [9.17, 15) is 9.18 Å². The molecule has 0 radical (unpaired) electrons. The third-order valence-electron chi connectivity index (χ3n) is 7.83. The van der Waals surface area contributed by atoms with Gasteiger partial charge >= 0.3 is 5.69 Å². The van der Waals surface area contributed by atoms with Gasteiger partial charge in [-0.15, -0.1) is 0 Å². The van der Waals surface area contributed by atoms with Crippen molar-refractivity contribution in [2.75, 3.05) is 30.3 Å². The highest BCUT2D eigenvalue weighted by Crippen LogP contribution is 2.44. The Hall–Kier alpha value is -3.41. The molecule has 37 heavy (non-hydrogen) atoms. The molecule has 196 valence electrons. The maximum Gasteiger partial charge on any atom is 0.368 e. The van der Waals surface area contributed by atoms with E-state index < -0.39 is 17.3 Å². The van der Waals surface area contributed by atoms with Gasteiger partial charge in [0, 0.05) is 19.6 Å². The Morgan fingerprint density at radius 3 is 2.65 bits per heavy atom. The van der Waals surface area contributed by atoms with Crippen molar-refractivity contribution < 1.29 is 8.78 Å². The summed E-state index contributed by atoms with van der Waals surface area (Å²) in [4.78, 5) is 23.4. The van der Waals surface area contributed by atoms with Gasteiger partial charge < -0.3 is 15.5 Å². The van der Waals surface area contributed by atoms with Crippen molar-refractivity contribution in [1.29, 1.82) is 0 Å². The molecule has 12 heteroatoms. The van der Waals surface area contributed by atoms with Crippen LogP contribution in [0.5, 0.6) is 0 Å². The molecule has 3 aromatic rings. The summed E-state index contributed by atoms with van der Waals surface area (Å²) >= 11 is 0. The van der Waals surface area contributed by atoms with E-state index in [1.54, 1.807) is 0 Å². The molecule has 6 rings (SSSR count). The Morgan fingerprint density at radius 2 is 1.86 bits per heavy atom. The number of hydrogen-bond donors (Lipinski definition) is 2. The first-order chi connectivity index (χ1) is 18.0. The lowest BCUT2D eigenvalue weighted by molar-refractivity contribution is 0.0648. The molecule has 10 nitrogen and oxygen atoms in total. The number of piperidine rings is 2. The Morgan fingerprint density at radius 1 is 1.03 bits per heavy atom. The van der Waals surface area contributed by atoms with E-state index in [2.05, 4.69) is 35.9 Å². The van der Waals surface area contributed by atoms with Crippen LogP contribution in [0.3, 0.4) is 0 Å². The maximum atomic E-state index is 15.1. The number of aryl methyl sites for hydroxylation is 1. The second-order valence-electron chi connectivity index (χ2n) is 10.4. The van der Waals surface area contributed by atoms with Crippen LogP contribution in [-0.4, -0.2) is 60.3 Å². The van der Waals surface area contributed by atoms with Crippen LogP contribution in [-0.2, 0) is 7.05 Å². The van der Waals surface area contributed by atoms with Crippen LogP contribution >= 0.6 is 0 Å². The zero-order valence-electron chi connectivity index (χ0n) is 20.8. The van der Waals surface area contributed by atoms with E-state index in [4.69, 9.17) is 0 Å². The minimum absolute atomic E-state index is 0.0577. The van der Waals surface area contributed by atoms with Crippen LogP contribution in [0.15, 0.2) is 23.1 Å². The molecule has 4 heterocycles. The lowest BCUT2D eigenvalue weighted by Crippen LogP contribution is -2.49. The van der Waals surface area contributed by atoms with E-state index in [1.165, 1.54) is 38.4 Å². The Kier molecular flexibility index (Phi) is 6.35. The molecule has 3 aliphatic rings. The number of aromatic nitrogens is 6. The molecule has 1 aromatic carbocycles. The summed E-state index contributed by atoms with van der Waals surface area (Å²) in [5, 5.41) is 13.8. The average Bonchev–Trinajstić information content (AvgIpc) is 3.70. The second-order valence-corrected chi connectivity index (χ2v) is 10.4. The van der Waals surface area contributed by atoms with Gasteiger partial charge in [-0.05, 0) is 91.6 Å². The number of fused-ring (bicyclic) bond motifs is 1. The van der Waals surface area contributed by atoms with Gasteiger partial charge in [-0.3, -0.25) is 0 Å². The first-order valence-electron chi connectivity index (χ1n) is 13.1. The number of anilines is 3. The molecule has 3 fully saturated rings. The lowest BCUT2D eigenvalue weighted by Gasteiger charge is -2.44. The van der Waals surface area contributed by atoms with Crippen LogP contribution in [0.25, 0.3) is 5.69 Å². The van der Waals surface area contributed by atoms with E-state index >= 15 is 4.39 Å². The predicted octanol–water partition coefficient (Wildman–Crippen LogP) is 3.33. The van der Waals surface area contributed by atoms with Crippen LogP contribution in [0.2, 0.25) is 0 Å². The number of nitrogens with one attached hydrogen (secondary N) is 2. The van der Waals surface area contributed by atoms with Gasteiger partial charge in [0.05, 0.1) is 17.6 Å². The lowest BCUT2D eigenvalue weighted by atomic mass is 9.83. The molecule has 0 unspecified atom stereocenters. The summed E-state index contributed by atoms with van der Waals surface area (Å²) in [6.07, 6.45) is 8.84. The third-order valence-corrected chi connectivity index (χ3v) is 7.83. The van der Waals surface area contributed by atoms with Crippen molar-refractivity contribution in [2.24, 2.45) is 13.0 Å². The number of rotatable bonds is 7. The highest BCUT2D eigenvalue weighted by molar-refractivity contribution is 5.62. The van der Waals surface area contributed by atoms with E-state index in [0.29, 0.717) is 29.8 Å². The smallest absolute Gasteiger partial charge is 0.367 e. The molecule has 0 bridgehead atoms. The molecule has 0 amide bonds. The molecule has 1 aliphatic carbocycles. The Bertz CT molecular complexity index is 1350. The van der Waals surface area contributed by atoms with Crippen molar-refractivity contribution in [3.63, 3.8) is 0 Å². The van der Waals surface area contributed by atoms with Crippen molar-refractivity contribution in [3.8, 4) is 5.69 Å². The third kappa shape index (κ3) is 4.81. The molecular formula is C25H31F2N9O. The normalized spacial score (nSPS) is 22.0. The summed E-state index contributed by atoms with van der Waals surface area (Å²) in [7, 11) is 1.51. The van der Waals surface area contributed by atoms with Gasteiger partial charge in [0.1, 0.15) is 5.82 Å². The first-order valence-corrected chi connectivity index (χ1v) is 13.1. The van der Waals surface area contributed by atoms with Gasteiger partial charge in [0.2, 0.25) is 5.95 Å². The Labute approximate surface area is 213 Å². The van der Waals surface area contributed by atoms with Gasteiger partial charge in [0.15, 0.2) is 11.6 Å². The van der Waals surface area contributed by atoms with Gasteiger partial charge in [-0.1, -0.05) is 6.42 Å². The largest absolute Gasteiger partial charge is 0.368 e. The highest BCUT2D eigenvalue weighted by atomic mass is 19.1. The number of tetrazole rings is 1. The maximum absolute atomic E-state index is 15.1. The molecule has 2 atom stereocenters. The minimum Gasteiger partial charge on any atom is -0.367 e. The SMILES string of the molecule is Cn1nnn(-c2cc(Nc3ncc(F)c(NC[C@@H]4CCCN5CCCC[C@H]45)n3)c(F)cc2C2CC2)c1=O. The van der Waals surface area contributed by atoms with Gasteiger partial charge in [-0.25, -0.2) is 18.6 Å². The zero-order valence-corrected chi connectivity index (χ0v) is 20.8. The van der Waals surface area contributed by atoms with E-state index in [1.807, 2.05) is 0 Å². The number of halogens is 2. The summed E-state index contributed by atoms with van der Waals surface area (Å²) in [6.45, 7) is 2.91. The van der Waals surface area contributed by atoms with Crippen molar-refractivity contribution in [3.05, 3.63) is 46.0 Å². The molecule has 2 aromatic heterocycles. The molecular weight excluding hydrogens is 480 g/mol. The standard InChI is InChI=1S/C25H31F2N9O/c1-34-25(37)36(33-32-34)22-12-20(18(26)11-17(22)15-7-8-15)30-24-29-14-19(27)23(31-24)28-13-16-5-4-10-35-9-3-2-6-21(16)35/h11-12,14-16,21H,2-10,13H2,1H3,(H2,28,29,30,31)/t16-,21+/m0/s1. The fourth-order valence-corrected chi connectivity index (χ4v) is 5.76. The summed E-state index contributed by atoms with van der Waals surface area (Å²) < 4.78 is 32.0. The molecule has 0 spiro atoms. The highest BCUT2D eigenvalue weighted by Gasteiger charge is 2.33. The second kappa shape index (κ2) is 9.81. The zero-order chi connectivity index (χ0) is 25.5. The number of hydrogen-bond acceptors (Lipinski definition) is 8. The fraction of sp³-hybridized carbons (Fsp3) is 0.560. The van der Waals surface area contributed by atoms with Crippen LogP contribution < -0.4 is 16.3 Å². The summed E-state index contributed by atoms with van der Waals surface area (Å²) in [6, 6.07) is 3.45. The summed E-state index contributed by atoms with van der Waals surface area (Å²) in [5.74, 6) is -0.318. The minimum atomic E-state index is -0.557. The molecule has 1 saturated carbocycles. The van der Waals surface area contributed by atoms with Gasteiger partial charge in [0.25, 0.3) is 0 Å². The van der Waals surface area contributed by atoms with E-state index in [-0.39, 0.29) is 23.4 Å². The topological polar surface area (TPSA) is 106 Å². The fourth-order valence-electron chi connectivity index (χ4n) is 5.76. The van der Waals surface area contributed by atoms with Crippen LogP contribution in [0.1, 0.15) is 56.4 Å². The van der Waals surface area contributed by atoms with Crippen molar-refractivity contribution in [2.45, 2.75) is 56.9 Å². The Balaban J connectivity index is 1.23. The van der Waals surface area contributed by atoms with E-state index in [0.717, 1.165) is 54.3 Å². The van der Waals surface area contributed by atoms with Gasteiger partial charge in [-0.2, -0.15) is 14.3 Å². The van der Waals surface area contributed by atoms with Crippen LogP contribution in [0.4, 0.5) is 26.2 Å². The van der Waals surface area contributed by atoms with Crippen molar-refractivity contribution >= 4 is 17.5 Å². The number of nitrogens with zero attached hydrogens (tertiary/aromatic N) is 7.